The molecule has 0 aliphatic carbocycles. The third-order valence-corrected chi connectivity index (χ3v) is 4.16. The maximum absolute atomic E-state index is 12.1. The molecule has 0 bridgehead atoms. The first kappa shape index (κ1) is 16.4. The predicted molar refractivity (Wildman–Crippen MR) is 89.8 cm³/mol. The van der Waals surface area contributed by atoms with E-state index in [1.165, 1.54) is 0 Å². The largest absolute Gasteiger partial charge is 0.497 e. The van der Waals surface area contributed by atoms with Gasteiger partial charge in [0.05, 0.1) is 12.5 Å². The van der Waals surface area contributed by atoms with Crippen LogP contribution < -0.4 is 4.74 Å². The van der Waals surface area contributed by atoms with Crippen molar-refractivity contribution >= 4 is 17.5 Å². The van der Waals surface area contributed by atoms with Gasteiger partial charge in [-0.15, -0.1) is 11.6 Å². The molecule has 0 heterocycles. The van der Waals surface area contributed by atoms with Gasteiger partial charge in [0.2, 0.25) is 0 Å². The number of alkyl halides is 1. The Hall–Kier alpha value is -2.00. The molecular weight excluding hydrogens is 298 g/mol. The topological polar surface area (TPSA) is 29.5 Å². The van der Waals surface area contributed by atoms with Crippen LogP contribution in [0.5, 0.6) is 5.75 Å². The van der Waals surface area contributed by atoms with Gasteiger partial charge in [-0.05, 0) is 42.3 Å². The Balaban J connectivity index is 2.20. The molecule has 1 amide bonds. The molecule has 2 aromatic carbocycles. The molecule has 0 radical (unpaired) electrons. The third-order valence-electron chi connectivity index (χ3n) is 3.66. The monoisotopic (exact) mass is 317 g/mol. The fraction of sp³-hybridized carbons (Fsp3) is 0.278. The number of ether oxygens (including phenoxy) is 1. The Morgan fingerprint density at radius 1 is 1.18 bits per heavy atom. The van der Waals surface area contributed by atoms with Crippen molar-refractivity contribution in [3.63, 3.8) is 0 Å². The number of amides is 1. The zero-order valence-corrected chi connectivity index (χ0v) is 13.8. The van der Waals surface area contributed by atoms with Crippen LogP contribution in [0, 0.1) is 0 Å². The van der Waals surface area contributed by atoms with E-state index < -0.39 is 0 Å². The highest BCUT2D eigenvalue weighted by Gasteiger charge is 2.14. The summed E-state index contributed by atoms with van der Waals surface area (Å²) in [5.74, 6) is 0.793. The first-order valence-corrected chi connectivity index (χ1v) is 7.64. The molecule has 0 aromatic heterocycles. The van der Waals surface area contributed by atoms with Crippen molar-refractivity contribution in [1.29, 1.82) is 0 Å². The van der Waals surface area contributed by atoms with Crippen LogP contribution in [0.15, 0.2) is 48.5 Å². The van der Waals surface area contributed by atoms with Crippen molar-refractivity contribution in [2.75, 3.05) is 20.7 Å². The average molecular weight is 318 g/mol. The molecule has 1 unspecified atom stereocenters. The van der Waals surface area contributed by atoms with Gasteiger partial charge in [0.15, 0.2) is 0 Å². The fourth-order valence-corrected chi connectivity index (χ4v) is 2.43. The van der Waals surface area contributed by atoms with Gasteiger partial charge in [-0.3, -0.25) is 4.79 Å². The average Bonchev–Trinajstić information content (AvgIpc) is 2.59. The lowest BCUT2D eigenvalue weighted by atomic mass is 10.0. The lowest BCUT2D eigenvalue weighted by molar-refractivity contribution is 0.0802. The fourth-order valence-electron chi connectivity index (χ4n) is 2.15. The number of benzene rings is 2. The van der Waals surface area contributed by atoms with Crippen molar-refractivity contribution in [2.45, 2.75) is 12.3 Å². The number of methoxy groups -OCH3 is 1. The summed E-state index contributed by atoms with van der Waals surface area (Å²) in [5.41, 5.74) is 2.58. The van der Waals surface area contributed by atoms with Crippen LogP contribution in [0.25, 0.3) is 0 Å². The van der Waals surface area contributed by atoms with Gasteiger partial charge >= 0.3 is 0 Å². The van der Waals surface area contributed by atoms with E-state index in [0.29, 0.717) is 12.1 Å². The lowest BCUT2D eigenvalue weighted by Crippen LogP contribution is -2.26. The second-order valence-corrected chi connectivity index (χ2v) is 5.52. The van der Waals surface area contributed by atoms with Crippen LogP contribution in [-0.4, -0.2) is 31.5 Å². The third kappa shape index (κ3) is 3.60. The molecular formula is C18H20ClNO2. The molecule has 2 rings (SSSR count). The normalized spacial score (nSPS) is 11.8. The minimum absolute atomic E-state index is 0.0153. The van der Waals surface area contributed by atoms with Crippen LogP contribution in [0.3, 0.4) is 0 Å². The predicted octanol–water partition coefficient (Wildman–Crippen LogP) is 4.12. The molecule has 0 aliphatic rings. The van der Waals surface area contributed by atoms with Crippen LogP contribution >= 0.6 is 11.6 Å². The number of carbonyl (C=O) groups excluding carboxylic acids is 1. The molecule has 0 saturated heterocycles. The molecule has 0 spiro atoms. The van der Waals surface area contributed by atoms with E-state index in [4.69, 9.17) is 16.3 Å². The molecule has 0 aliphatic heterocycles. The van der Waals surface area contributed by atoms with E-state index in [-0.39, 0.29) is 11.3 Å². The van der Waals surface area contributed by atoms with E-state index in [2.05, 4.69) is 0 Å². The number of carbonyl (C=O) groups is 1. The van der Waals surface area contributed by atoms with Crippen molar-refractivity contribution in [2.24, 2.45) is 0 Å². The minimum Gasteiger partial charge on any atom is -0.497 e. The Morgan fingerprint density at radius 3 is 2.45 bits per heavy atom. The Kier molecular flexibility index (Phi) is 5.45. The maximum Gasteiger partial charge on any atom is 0.253 e. The molecule has 2 aromatic rings. The number of hydrogen-bond acceptors (Lipinski definition) is 2. The minimum atomic E-state index is -0.275. The molecule has 1 atom stereocenters. The summed E-state index contributed by atoms with van der Waals surface area (Å²) in [6.45, 7) is 2.63. The molecule has 0 saturated carbocycles. The van der Waals surface area contributed by atoms with Gasteiger partial charge < -0.3 is 9.64 Å². The maximum atomic E-state index is 12.1. The number of halogens is 1. The molecule has 0 fully saturated rings. The van der Waals surface area contributed by atoms with Gasteiger partial charge in [0, 0.05) is 19.2 Å². The Labute approximate surface area is 136 Å². The molecule has 22 heavy (non-hydrogen) atoms. The van der Waals surface area contributed by atoms with Crippen molar-refractivity contribution < 1.29 is 9.53 Å². The molecule has 116 valence electrons. The summed E-state index contributed by atoms with van der Waals surface area (Å²) < 4.78 is 5.22. The SMILES string of the molecule is CCN(C)C(=O)c1ccc(C(Cl)c2cccc(OC)c2)cc1. The smallest absolute Gasteiger partial charge is 0.253 e. The van der Waals surface area contributed by atoms with Crippen LogP contribution in [0.1, 0.15) is 33.8 Å². The van der Waals surface area contributed by atoms with E-state index in [1.54, 1.807) is 19.1 Å². The highest BCUT2D eigenvalue weighted by atomic mass is 35.5. The second kappa shape index (κ2) is 7.32. The number of hydrogen-bond donors (Lipinski definition) is 0. The Bertz CT molecular complexity index is 640. The summed E-state index contributed by atoms with van der Waals surface area (Å²) >= 11 is 6.53. The van der Waals surface area contributed by atoms with E-state index in [1.807, 2.05) is 55.5 Å². The summed E-state index contributed by atoms with van der Waals surface area (Å²) in [6.07, 6.45) is 0. The van der Waals surface area contributed by atoms with Crippen molar-refractivity contribution in [1.82, 2.24) is 4.90 Å². The van der Waals surface area contributed by atoms with Gasteiger partial charge in [-0.1, -0.05) is 24.3 Å². The first-order chi connectivity index (χ1) is 10.6. The first-order valence-electron chi connectivity index (χ1n) is 7.20. The van der Waals surface area contributed by atoms with Crippen LogP contribution in [0.2, 0.25) is 0 Å². The molecule has 0 N–H and O–H groups in total. The van der Waals surface area contributed by atoms with Gasteiger partial charge in [-0.2, -0.15) is 0 Å². The summed E-state index contributed by atoms with van der Waals surface area (Å²) in [6, 6.07) is 15.1. The summed E-state index contributed by atoms with van der Waals surface area (Å²) in [7, 11) is 3.42. The summed E-state index contributed by atoms with van der Waals surface area (Å²) in [4.78, 5) is 13.8. The molecule has 4 heteroatoms. The standard InChI is InChI=1S/C18H20ClNO2/c1-4-20(2)18(21)14-10-8-13(9-11-14)17(19)15-6-5-7-16(12-15)22-3/h5-12,17H,4H2,1-3H3. The van der Waals surface area contributed by atoms with Crippen molar-refractivity contribution in [3.8, 4) is 5.75 Å². The second-order valence-electron chi connectivity index (χ2n) is 5.08. The van der Waals surface area contributed by atoms with Crippen LogP contribution in [0.4, 0.5) is 0 Å². The van der Waals surface area contributed by atoms with E-state index >= 15 is 0 Å². The lowest BCUT2D eigenvalue weighted by Gasteiger charge is -2.16. The van der Waals surface area contributed by atoms with Crippen LogP contribution in [-0.2, 0) is 0 Å². The van der Waals surface area contributed by atoms with E-state index in [0.717, 1.165) is 16.9 Å². The summed E-state index contributed by atoms with van der Waals surface area (Å²) in [5, 5.41) is -0.275. The molecule has 3 nitrogen and oxygen atoms in total. The highest BCUT2D eigenvalue weighted by Crippen LogP contribution is 2.30. The Morgan fingerprint density at radius 2 is 1.86 bits per heavy atom. The van der Waals surface area contributed by atoms with E-state index in [9.17, 15) is 4.79 Å². The van der Waals surface area contributed by atoms with Gasteiger partial charge in [0.1, 0.15) is 5.75 Å². The number of nitrogens with zero attached hydrogens (tertiary/aromatic N) is 1. The quantitative estimate of drug-likeness (QED) is 0.776. The van der Waals surface area contributed by atoms with Gasteiger partial charge in [0.25, 0.3) is 5.91 Å². The van der Waals surface area contributed by atoms with Crippen molar-refractivity contribution in [3.05, 3.63) is 65.2 Å². The zero-order chi connectivity index (χ0) is 16.1. The number of rotatable bonds is 5. The zero-order valence-electron chi connectivity index (χ0n) is 13.0. The highest BCUT2D eigenvalue weighted by molar-refractivity contribution is 6.22. The van der Waals surface area contributed by atoms with Gasteiger partial charge in [-0.25, -0.2) is 0 Å².